The largest absolute Gasteiger partial charge is 0.478 e. The molecule has 5 rings (SSSR count). The summed E-state index contributed by atoms with van der Waals surface area (Å²) in [4.78, 5) is 15.3. The van der Waals surface area contributed by atoms with Crippen LogP contribution in [0.5, 0.6) is 5.88 Å². The Morgan fingerprint density at radius 3 is 2.65 bits per heavy atom. The summed E-state index contributed by atoms with van der Waals surface area (Å²) in [7, 11) is 0. The van der Waals surface area contributed by atoms with Crippen molar-refractivity contribution in [1.82, 2.24) is 30.0 Å². The van der Waals surface area contributed by atoms with Crippen LogP contribution in [0.4, 0.5) is 0 Å². The van der Waals surface area contributed by atoms with E-state index < -0.39 is 12.1 Å². The van der Waals surface area contributed by atoms with E-state index in [1.807, 2.05) is 31.2 Å². The lowest BCUT2D eigenvalue weighted by atomic mass is 10.2. The number of carboxylic acid groups (broad SMARTS) is 1. The van der Waals surface area contributed by atoms with E-state index >= 15 is 0 Å². The molecule has 0 saturated carbocycles. The number of aromatic carboxylic acids is 1. The van der Waals surface area contributed by atoms with Crippen LogP contribution in [0.2, 0.25) is 0 Å². The van der Waals surface area contributed by atoms with Crippen LogP contribution < -0.4 is 4.74 Å². The van der Waals surface area contributed by atoms with Gasteiger partial charge in [0, 0.05) is 23.0 Å². The van der Waals surface area contributed by atoms with Crippen LogP contribution >= 0.6 is 0 Å². The summed E-state index contributed by atoms with van der Waals surface area (Å²) in [5.41, 5.74) is 1.76. The Bertz CT molecular complexity index is 1420. The fourth-order valence-corrected chi connectivity index (χ4v) is 3.27. The highest BCUT2D eigenvalue weighted by atomic mass is 16.5. The van der Waals surface area contributed by atoms with Crippen LogP contribution in [0.1, 0.15) is 34.8 Å². The summed E-state index contributed by atoms with van der Waals surface area (Å²) < 4.78 is 12.9. The molecule has 0 aliphatic carbocycles. The number of benzene rings is 1. The standard InChI is InChI=1S/C21H16N6O4/c1-11-9-17(26-31-11)19-24-23-18-14-5-3-4-6-15(14)20(25-27(18)19)30-12(2)16-8-7-13(10-22-16)21(28)29/h3-10,12H,1-2H3,(H,28,29). The number of rotatable bonds is 5. The lowest BCUT2D eigenvalue weighted by molar-refractivity contribution is 0.0696. The number of carbonyl (C=O) groups is 1. The van der Waals surface area contributed by atoms with Crippen LogP contribution in [-0.4, -0.2) is 41.0 Å². The van der Waals surface area contributed by atoms with Gasteiger partial charge in [-0.05, 0) is 32.0 Å². The highest BCUT2D eigenvalue weighted by Gasteiger charge is 2.20. The van der Waals surface area contributed by atoms with Gasteiger partial charge in [-0.2, -0.15) is 4.52 Å². The molecule has 154 valence electrons. The molecule has 0 fully saturated rings. The van der Waals surface area contributed by atoms with Crippen molar-refractivity contribution >= 4 is 22.4 Å². The van der Waals surface area contributed by atoms with Gasteiger partial charge in [-0.1, -0.05) is 23.4 Å². The molecule has 31 heavy (non-hydrogen) atoms. The fourth-order valence-electron chi connectivity index (χ4n) is 3.27. The zero-order chi connectivity index (χ0) is 21.5. The summed E-state index contributed by atoms with van der Waals surface area (Å²) in [6.45, 7) is 3.61. The van der Waals surface area contributed by atoms with Gasteiger partial charge in [0.05, 0.1) is 11.3 Å². The van der Waals surface area contributed by atoms with Crippen molar-refractivity contribution in [2.45, 2.75) is 20.0 Å². The molecule has 0 saturated heterocycles. The van der Waals surface area contributed by atoms with Gasteiger partial charge in [0.15, 0.2) is 11.3 Å². The van der Waals surface area contributed by atoms with Crippen LogP contribution in [0, 0.1) is 6.92 Å². The second-order valence-corrected chi connectivity index (χ2v) is 6.97. The number of aryl methyl sites for hydroxylation is 1. The number of hydrogen-bond donors (Lipinski definition) is 1. The molecule has 10 heteroatoms. The quantitative estimate of drug-likeness (QED) is 0.458. The Balaban J connectivity index is 1.60. The third-order valence-electron chi connectivity index (χ3n) is 4.83. The van der Waals surface area contributed by atoms with Crippen molar-refractivity contribution in [3.05, 3.63) is 65.7 Å². The van der Waals surface area contributed by atoms with E-state index in [1.165, 1.54) is 12.3 Å². The number of ether oxygens (including phenoxy) is 1. The number of pyridine rings is 1. The molecule has 1 N–H and O–H groups in total. The van der Waals surface area contributed by atoms with E-state index in [9.17, 15) is 4.79 Å². The van der Waals surface area contributed by atoms with Gasteiger partial charge in [0.25, 0.3) is 0 Å². The van der Waals surface area contributed by atoms with Gasteiger partial charge in [0.1, 0.15) is 11.9 Å². The molecule has 1 atom stereocenters. The predicted molar refractivity (Wildman–Crippen MR) is 109 cm³/mol. The van der Waals surface area contributed by atoms with E-state index in [-0.39, 0.29) is 5.56 Å². The first-order chi connectivity index (χ1) is 15.0. The molecule has 1 unspecified atom stereocenters. The van der Waals surface area contributed by atoms with Crippen molar-refractivity contribution < 1.29 is 19.2 Å². The molecule has 0 aliphatic rings. The molecular formula is C21H16N6O4. The van der Waals surface area contributed by atoms with Crippen molar-refractivity contribution in [3.8, 4) is 17.4 Å². The van der Waals surface area contributed by atoms with Crippen LogP contribution in [0.3, 0.4) is 0 Å². The fraction of sp³-hybridized carbons (Fsp3) is 0.143. The average molecular weight is 416 g/mol. The van der Waals surface area contributed by atoms with Crippen LogP contribution in [0.15, 0.2) is 53.2 Å². The Labute approximate surface area is 175 Å². The Morgan fingerprint density at radius 2 is 1.97 bits per heavy atom. The number of carboxylic acids is 1. The third-order valence-corrected chi connectivity index (χ3v) is 4.83. The number of nitrogens with zero attached hydrogens (tertiary/aromatic N) is 6. The predicted octanol–water partition coefficient (Wildman–Crippen LogP) is 3.47. The first-order valence-electron chi connectivity index (χ1n) is 9.45. The topological polar surface area (TPSA) is 129 Å². The number of fused-ring (bicyclic) bond motifs is 3. The third kappa shape index (κ3) is 3.23. The minimum absolute atomic E-state index is 0.109. The summed E-state index contributed by atoms with van der Waals surface area (Å²) >= 11 is 0. The van der Waals surface area contributed by atoms with E-state index in [2.05, 4.69) is 25.4 Å². The van der Waals surface area contributed by atoms with Crippen LogP contribution in [0.25, 0.3) is 27.9 Å². The second kappa shape index (κ2) is 7.17. The Hall–Kier alpha value is -4.34. The van der Waals surface area contributed by atoms with Gasteiger partial charge in [-0.3, -0.25) is 4.98 Å². The van der Waals surface area contributed by atoms with Crippen molar-refractivity contribution in [1.29, 1.82) is 0 Å². The van der Waals surface area contributed by atoms with Gasteiger partial charge in [-0.25, -0.2) is 4.79 Å². The van der Waals surface area contributed by atoms with Gasteiger partial charge in [-0.15, -0.1) is 15.3 Å². The lowest BCUT2D eigenvalue weighted by Crippen LogP contribution is -2.09. The highest BCUT2D eigenvalue weighted by molar-refractivity contribution is 5.97. The lowest BCUT2D eigenvalue weighted by Gasteiger charge is -2.15. The first kappa shape index (κ1) is 18.7. The van der Waals surface area contributed by atoms with Crippen LogP contribution in [-0.2, 0) is 0 Å². The Morgan fingerprint density at radius 1 is 1.16 bits per heavy atom. The zero-order valence-corrected chi connectivity index (χ0v) is 16.6. The molecule has 0 spiro atoms. The Kier molecular flexibility index (Phi) is 4.32. The van der Waals surface area contributed by atoms with E-state index in [0.717, 1.165) is 10.8 Å². The molecule has 10 nitrogen and oxygen atoms in total. The van der Waals surface area contributed by atoms with Crippen molar-refractivity contribution in [2.75, 3.05) is 0 Å². The normalized spacial score (nSPS) is 12.3. The molecule has 5 aromatic rings. The highest BCUT2D eigenvalue weighted by Crippen LogP contribution is 2.31. The SMILES string of the molecule is Cc1cc(-c2nnc3c4ccccc4c(OC(C)c4ccc(C(=O)O)cn4)nn23)no1. The minimum Gasteiger partial charge on any atom is -0.478 e. The molecule has 0 amide bonds. The first-order valence-corrected chi connectivity index (χ1v) is 9.45. The van der Waals surface area contributed by atoms with Gasteiger partial charge >= 0.3 is 5.97 Å². The summed E-state index contributed by atoms with van der Waals surface area (Å²) in [5, 5.41) is 27.8. The summed E-state index contributed by atoms with van der Waals surface area (Å²) in [6, 6.07) is 12.5. The summed E-state index contributed by atoms with van der Waals surface area (Å²) in [6.07, 6.45) is 0.822. The zero-order valence-electron chi connectivity index (χ0n) is 16.6. The molecule has 0 radical (unpaired) electrons. The monoisotopic (exact) mass is 416 g/mol. The summed E-state index contributed by atoms with van der Waals surface area (Å²) in [5.74, 6) is 0.405. The number of aromatic nitrogens is 6. The van der Waals surface area contributed by atoms with E-state index in [1.54, 1.807) is 23.6 Å². The smallest absolute Gasteiger partial charge is 0.337 e. The molecule has 4 aromatic heterocycles. The van der Waals surface area contributed by atoms with Gasteiger partial charge in [0.2, 0.25) is 11.7 Å². The van der Waals surface area contributed by atoms with E-state index in [0.29, 0.717) is 34.5 Å². The average Bonchev–Trinajstić information content (AvgIpc) is 3.40. The number of hydrogen-bond acceptors (Lipinski definition) is 8. The molecule has 0 bridgehead atoms. The molecule has 1 aromatic carbocycles. The molecule has 0 aliphatic heterocycles. The molecule has 4 heterocycles. The van der Waals surface area contributed by atoms with Gasteiger partial charge < -0.3 is 14.4 Å². The second-order valence-electron chi connectivity index (χ2n) is 6.97. The minimum atomic E-state index is -1.03. The maximum absolute atomic E-state index is 11.1. The van der Waals surface area contributed by atoms with E-state index in [4.69, 9.17) is 14.4 Å². The maximum Gasteiger partial charge on any atom is 0.337 e. The van der Waals surface area contributed by atoms with Crippen molar-refractivity contribution in [2.24, 2.45) is 0 Å². The molecular weight excluding hydrogens is 400 g/mol. The maximum atomic E-state index is 11.1. The van der Waals surface area contributed by atoms with Crippen molar-refractivity contribution in [3.63, 3.8) is 0 Å².